The number of ether oxygens (including phenoxy) is 1. The number of para-hydroxylation sites is 2. The van der Waals surface area contributed by atoms with Gasteiger partial charge < -0.3 is 9.30 Å². The molecule has 0 aliphatic rings. The Bertz CT molecular complexity index is 791. The van der Waals surface area contributed by atoms with E-state index >= 15 is 0 Å². The highest BCUT2D eigenvalue weighted by molar-refractivity contribution is 5.75. The molecule has 24 heavy (non-hydrogen) atoms. The number of benzene rings is 2. The highest BCUT2D eigenvalue weighted by Gasteiger charge is 2.09. The van der Waals surface area contributed by atoms with E-state index in [1.807, 2.05) is 12.1 Å². The first-order chi connectivity index (χ1) is 11.8. The minimum absolute atomic E-state index is 0.763. The van der Waals surface area contributed by atoms with Gasteiger partial charge in [0.25, 0.3) is 0 Å². The molecular formula is C21H26N2O. The Morgan fingerprint density at radius 2 is 1.92 bits per heavy atom. The topological polar surface area (TPSA) is 27.1 Å². The third kappa shape index (κ3) is 3.97. The van der Waals surface area contributed by atoms with E-state index < -0.39 is 0 Å². The second kappa shape index (κ2) is 8.00. The van der Waals surface area contributed by atoms with Crippen molar-refractivity contribution in [2.45, 2.75) is 46.1 Å². The molecule has 0 amide bonds. The van der Waals surface area contributed by atoms with Gasteiger partial charge in [0, 0.05) is 13.0 Å². The Kier molecular flexibility index (Phi) is 5.52. The lowest BCUT2D eigenvalue weighted by molar-refractivity contribution is 0.303. The van der Waals surface area contributed by atoms with Gasteiger partial charge in [0.15, 0.2) is 0 Å². The normalized spacial score (nSPS) is 11.1. The molecule has 3 nitrogen and oxygen atoms in total. The first-order valence-corrected chi connectivity index (χ1v) is 8.91. The number of imidazole rings is 1. The molecule has 0 saturated carbocycles. The molecule has 0 unspecified atom stereocenters. The predicted octanol–water partition coefficient (Wildman–Crippen LogP) is 5.16. The minimum atomic E-state index is 0.763. The highest BCUT2D eigenvalue weighted by Crippen LogP contribution is 2.18. The smallest absolute Gasteiger partial charge is 0.119 e. The van der Waals surface area contributed by atoms with E-state index in [9.17, 15) is 0 Å². The molecule has 0 saturated heterocycles. The van der Waals surface area contributed by atoms with Crippen molar-refractivity contribution in [2.24, 2.45) is 0 Å². The SMILES string of the molecule is CCCc1nc2ccccc2n1CCCCOc1cccc(C)c1. The molecule has 0 radical (unpaired) electrons. The summed E-state index contributed by atoms with van der Waals surface area (Å²) >= 11 is 0. The van der Waals surface area contributed by atoms with Crippen molar-refractivity contribution in [1.82, 2.24) is 9.55 Å². The number of hydrogen-bond donors (Lipinski definition) is 0. The molecule has 2 aromatic carbocycles. The van der Waals surface area contributed by atoms with Crippen molar-refractivity contribution in [2.75, 3.05) is 6.61 Å². The first kappa shape index (κ1) is 16.6. The average Bonchev–Trinajstić information content (AvgIpc) is 2.93. The lowest BCUT2D eigenvalue weighted by Gasteiger charge is -2.10. The van der Waals surface area contributed by atoms with Crippen LogP contribution >= 0.6 is 0 Å². The van der Waals surface area contributed by atoms with Crippen molar-refractivity contribution in [3.05, 3.63) is 59.9 Å². The Morgan fingerprint density at radius 1 is 1.04 bits per heavy atom. The van der Waals surface area contributed by atoms with Gasteiger partial charge in [-0.05, 0) is 56.0 Å². The van der Waals surface area contributed by atoms with E-state index in [-0.39, 0.29) is 0 Å². The van der Waals surface area contributed by atoms with Crippen LogP contribution in [0.5, 0.6) is 5.75 Å². The van der Waals surface area contributed by atoms with Gasteiger partial charge in [-0.3, -0.25) is 0 Å². The van der Waals surface area contributed by atoms with Gasteiger partial charge in [-0.25, -0.2) is 4.98 Å². The maximum atomic E-state index is 5.85. The van der Waals surface area contributed by atoms with Gasteiger partial charge >= 0.3 is 0 Å². The number of fused-ring (bicyclic) bond motifs is 1. The summed E-state index contributed by atoms with van der Waals surface area (Å²) in [5.74, 6) is 2.17. The summed E-state index contributed by atoms with van der Waals surface area (Å²) in [4.78, 5) is 4.79. The number of unbranched alkanes of at least 4 members (excludes halogenated alkanes) is 1. The minimum Gasteiger partial charge on any atom is -0.494 e. The molecule has 1 aromatic heterocycles. The molecule has 0 fully saturated rings. The van der Waals surface area contributed by atoms with E-state index in [0.717, 1.165) is 50.1 Å². The summed E-state index contributed by atoms with van der Waals surface area (Å²) in [6.45, 7) is 6.07. The van der Waals surface area contributed by atoms with E-state index in [4.69, 9.17) is 9.72 Å². The molecule has 0 spiro atoms. The molecule has 3 heteroatoms. The molecule has 1 heterocycles. The quantitative estimate of drug-likeness (QED) is 0.536. The lowest BCUT2D eigenvalue weighted by atomic mass is 10.2. The van der Waals surface area contributed by atoms with Crippen LogP contribution in [0.3, 0.4) is 0 Å². The predicted molar refractivity (Wildman–Crippen MR) is 99.6 cm³/mol. The van der Waals surface area contributed by atoms with Gasteiger partial charge in [0.05, 0.1) is 17.6 Å². The summed E-state index contributed by atoms with van der Waals surface area (Å²) in [5, 5.41) is 0. The van der Waals surface area contributed by atoms with Crippen LogP contribution in [0.1, 0.15) is 37.6 Å². The third-order valence-corrected chi connectivity index (χ3v) is 4.24. The van der Waals surface area contributed by atoms with Crippen molar-refractivity contribution >= 4 is 11.0 Å². The summed E-state index contributed by atoms with van der Waals surface area (Å²) < 4.78 is 8.23. The first-order valence-electron chi connectivity index (χ1n) is 8.91. The van der Waals surface area contributed by atoms with Crippen molar-refractivity contribution in [3.63, 3.8) is 0 Å². The van der Waals surface area contributed by atoms with Crippen LogP contribution in [-0.4, -0.2) is 16.2 Å². The van der Waals surface area contributed by atoms with Crippen LogP contribution < -0.4 is 4.74 Å². The molecule has 126 valence electrons. The molecule has 0 N–H and O–H groups in total. The Morgan fingerprint density at radius 3 is 2.75 bits per heavy atom. The summed E-state index contributed by atoms with van der Waals surface area (Å²) in [7, 11) is 0. The van der Waals surface area contributed by atoms with Gasteiger partial charge in [0.1, 0.15) is 11.6 Å². The van der Waals surface area contributed by atoms with Crippen LogP contribution in [-0.2, 0) is 13.0 Å². The zero-order valence-corrected chi connectivity index (χ0v) is 14.7. The molecular weight excluding hydrogens is 296 g/mol. The number of nitrogens with zero attached hydrogens (tertiary/aromatic N) is 2. The molecule has 0 bridgehead atoms. The monoisotopic (exact) mass is 322 g/mol. The van der Waals surface area contributed by atoms with Crippen molar-refractivity contribution in [1.29, 1.82) is 0 Å². The largest absolute Gasteiger partial charge is 0.494 e. The second-order valence-corrected chi connectivity index (χ2v) is 6.29. The fraction of sp³-hybridized carbons (Fsp3) is 0.381. The van der Waals surface area contributed by atoms with Crippen LogP contribution in [0.25, 0.3) is 11.0 Å². The maximum absolute atomic E-state index is 5.85. The third-order valence-electron chi connectivity index (χ3n) is 4.24. The lowest BCUT2D eigenvalue weighted by Crippen LogP contribution is -2.06. The molecule has 0 aliphatic carbocycles. The van der Waals surface area contributed by atoms with E-state index in [2.05, 4.69) is 54.8 Å². The zero-order chi connectivity index (χ0) is 16.8. The summed E-state index contributed by atoms with van der Waals surface area (Å²) in [6.07, 6.45) is 4.31. The van der Waals surface area contributed by atoms with Gasteiger partial charge in [0.2, 0.25) is 0 Å². The van der Waals surface area contributed by atoms with Crippen molar-refractivity contribution < 1.29 is 4.74 Å². The van der Waals surface area contributed by atoms with Gasteiger partial charge in [-0.15, -0.1) is 0 Å². The second-order valence-electron chi connectivity index (χ2n) is 6.29. The van der Waals surface area contributed by atoms with Crippen LogP contribution in [0, 0.1) is 6.92 Å². The van der Waals surface area contributed by atoms with Crippen LogP contribution in [0.4, 0.5) is 0 Å². The Hall–Kier alpha value is -2.29. The van der Waals surface area contributed by atoms with E-state index in [1.165, 1.54) is 16.9 Å². The maximum Gasteiger partial charge on any atom is 0.119 e. The van der Waals surface area contributed by atoms with Crippen molar-refractivity contribution in [3.8, 4) is 5.75 Å². The molecule has 3 aromatic rings. The fourth-order valence-corrected chi connectivity index (χ4v) is 3.06. The standard InChI is InChI=1S/C21H26N2O/c1-3-9-21-22-19-12-4-5-13-20(19)23(21)14-6-7-15-24-18-11-8-10-17(2)16-18/h4-5,8,10-13,16H,3,6-7,9,14-15H2,1-2H3. The summed E-state index contributed by atoms with van der Waals surface area (Å²) in [5.41, 5.74) is 3.60. The number of rotatable bonds is 8. The Balaban J connectivity index is 1.56. The van der Waals surface area contributed by atoms with Gasteiger partial charge in [-0.2, -0.15) is 0 Å². The summed E-state index contributed by atoms with van der Waals surface area (Å²) in [6, 6.07) is 16.7. The molecule has 0 atom stereocenters. The number of aryl methyl sites for hydroxylation is 3. The zero-order valence-electron chi connectivity index (χ0n) is 14.7. The van der Waals surface area contributed by atoms with E-state index in [1.54, 1.807) is 0 Å². The fourth-order valence-electron chi connectivity index (χ4n) is 3.06. The van der Waals surface area contributed by atoms with Crippen LogP contribution in [0.15, 0.2) is 48.5 Å². The number of aromatic nitrogens is 2. The highest BCUT2D eigenvalue weighted by atomic mass is 16.5. The average molecular weight is 322 g/mol. The van der Waals surface area contributed by atoms with E-state index in [0.29, 0.717) is 0 Å². The molecule has 0 aliphatic heterocycles. The number of hydrogen-bond acceptors (Lipinski definition) is 2. The van der Waals surface area contributed by atoms with Gasteiger partial charge in [-0.1, -0.05) is 31.2 Å². The van der Waals surface area contributed by atoms with Crippen LogP contribution in [0.2, 0.25) is 0 Å². The Labute approximate surface area is 144 Å². The molecule has 3 rings (SSSR count).